The van der Waals surface area contributed by atoms with Crippen molar-refractivity contribution in [3.63, 3.8) is 0 Å². The molecular weight excluding hydrogens is 284 g/mol. The highest BCUT2D eigenvalue weighted by Crippen LogP contribution is 2.27. The van der Waals surface area contributed by atoms with E-state index in [0.29, 0.717) is 6.54 Å². The van der Waals surface area contributed by atoms with Gasteiger partial charge in [0.2, 0.25) is 0 Å². The number of aryl methyl sites for hydroxylation is 2. The minimum atomic E-state index is -0.0356. The van der Waals surface area contributed by atoms with Gasteiger partial charge in [-0.2, -0.15) is 5.10 Å². The van der Waals surface area contributed by atoms with Gasteiger partial charge in [0.05, 0.1) is 10.6 Å². The van der Waals surface area contributed by atoms with Gasteiger partial charge >= 0.3 is 0 Å². The fourth-order valence-corrected chi connectivity index (χ4v) is 3.29. The summed E-state index contributed by atoms with van der Waals surface area (Å²) >= 11 is 1.47. The quantitative estimate of drug-likeness (QED) is 0.804. The van der Waals surface area contributed by atoms with Crippen molar-refractivity contribution in [2.75, 3.05) is 6.54 Å². The van der Waals surface area contributed by atoms with Crippen LogP contribution >= 0.6 is 11.3 Å². The third kappa shape index (κ3) is 2.80. The van der Waals surface area contributed by atoms with E-state index in [1.165, 1.54) is 11.3 Å². The summed E-state index contributed by atoms with van der Waals surface area (Å²) in [5.41, 5.74) is 1.94. The average Bonchev–Trinajstić information content (AvgIpc) is 3.03. The molecule has 0 aromatic carbocycles. The topological polar surface area (TPSA) is 59.8 Å². The number of fused-ring (bicyclic) bond motifs is 1. The van der Waals surface area contributed by atoms with E-state index in [4.69, 9.17) is 0 Å². The van der Waals surface area contributed by atoms with E-state index < -0.39 is 0 Å². The standard InChI is InChI=1S/C15H16N4OS/c1-10-12-9-13(21-15(12)19(2)18-10)14(20)17-8-6-11-5-3-4-7-16-11/h3-5,7,9H,6,8H2,1-2H3,(H,17,20). The van der Waals surface area contributed by atoms with E-state index in [2.05, 4.69) is 15.4 Å². The first-order valence-electron chi connectivity index (χ1n) is 6.76. The number of carbonyl (C=O) groups excluding carboxylic acids is 1. The lowest BCUT2D eigenvalue weighted by atomic mass is 10.2. The Hall–Kier alpha value is -2.21. The van der Waals surface area contributed by atoms with Crippen molar-refractivity contribution in [2.45, 2.75) is 13.3 Å². The molecule has 0 atom stereocenters. The zero-order chi connectivity index (χ0) is 14.8. The summed E-state index contributed by atoms with van der Waals surface area (Å²) in [6.45, 7) is 2.54. The van der Waals surface area contributed by atoms with Gasteiger partial charge in [0.25, 0.3) is 5.91 Å². The molecule has 0 aliphatic heterocycles. The van der Waals surface area contributed by atoms with Gasteiger partial charge < -0.3 is 5.32 Å². The molecular formula is C15H16N4OS. The van der Waals surface area contributed by atoms with E-state index in [0.717, 1.165) is 32.9 Å². The molecule has 0 unspecified atom stereocenters. The van der Waals surface area contributed by atoms with Gasteiger partial charge in [-0.1, -0.05) is 6.07 Å². The summed E-state index contributed by atoms with van der Waals surface area (Å²) in [5.74, 6) is -0.0356. The Kier molecular flexibility index (Phi) is 3.70. The summed E-state index contributed by atoms with van der Waals surface area (Å²) in [4.78, 5) is 18.2. The third-order valence-electron chi connectivity index (χ3n) is 3.31. The predicted octanol–water partition coefficient (Wildman–Crippen LogP) is 2.31. The first kappa shape index (κ1) is 13.8. The monoisotopic (exact) mass is 300 g/mol. The summed E-state index contributed by atoms with van der Waals surface area (Å²) in [7, 11) is 1.90. The molecule has 0 aliphatic rings. The Bertz CT molecular complexity index is 741. The summed E-state index contributed by atoms with van der Waals surface area (Å²) in [6.07, 6.45) is 2.50. The van der Waals surface area contributed by atoms with E-state index >= 15 is 0 Å². The number of thiophene rings is 1. The van der Waals surface area contributed by atoms with E-state index in [9.17, 15) is 4.79 Å². The Labute approximate surface area is 126 Å². The number of carbonyl (C=O) groups is 1. The van der Waals surface area contributed by atoms with Gasteiger partial charge in [0.15, 0.2) is 0 Å². The predicted molar refractivity (Wildman–Crippen MR) is 83.6 cm³/mol. The number of nitrogens with one attached hydrogen (secondary N) is 1. The van der Waals surface area contributed by atoms with Crippen LogP contribution in [0.3, 0.4) is 0 Å². The number of hydrogen-bond acceptors (Lipinski definition) is 4. The normalized spacial score (nSPS) is 11.0. The number of nitrogens with zero attached hydrogens (tertiary/aromatic N) is 3. The molecule has 0 fully saturated rings. The molecule has 0 spiro atoms. The Morgan fingerprint density at radius 2 is 2.29 bits per heavy atom. The molecule has 0 aliphatic carbocycles. The second-order valence-corrected chi connectivity index (χ2v) is 5.90. The Morgan fingerprint density at radius 1 is 1.43 bits per heavy atom. The molecule has 21 heavy (non-hydrogen) atoms. The van der Waals surface area contributed by atoms with Crippen molar-refractivity contribution in [3.8, 4) is 0 Å². The Morgan fingerprint density at radius 3 is 3.00 bits per heavy atom. The lowest BCUT2D eigenvalue weighted by molar-refractivity contribution is 0.0958. The molecule has 5 nitrogen and oxygen atoms in total. The fraction of sp³-hybridized carbons (Fsp3) is 0.267. The van der Waals surface area contributed by atoms with Crippen LogP contribution < -0.4 is 5.32 Å². The van der Waals surface area contributed by atoms with Gasteiger partial charge in [-0.05, 0) is 25.1 Å². The number of amides is 1. The van der Waals surface area contributed by atoms with E-state index in [1.54, 1.807) is 6.20 Å². The number of pyridine rings is 1. The molecule has 3 aromatic rings. The second-order valence-electron chi connectivity index (χ2n) is 4.87. The molecule has 3 rings (SSSR count). The van der Waals surface area contributed by atoms with Crippen molar-refractivity contribution in [1.29, 1.82) is 0 Å². The molecule has 1 amide bonds. The van der Waals surface area contributed by atoms with Crippen LogP contribution in [0, 0.1) is 6.92 Å². The summed E-state index contributed by atoms with van der Waals surface area (Å²) in [6, 6.07) is 7.71. The minimum Gasteiger partial charge on any atom is -0.351 e. The first-order chi connectivity index (χ1) is 10.1. The van der Waals surface area contributed by atoms with Crippen LogP contribution in [-0.4, -0.2) is 27.2 Å². The van der Waals surface area contributed by atoms with Crippen molar-refractivity contribution in [3.05, 3.63) is 46.7 Å². The summed E-state index contributed by atoms with van der Waals surface area (Å²) < 4.78 is 1.82. The molecule has 1 N–H and O–H groups in total. The van der Waals surface area contributed by atoms with E-state index in [-0.39, 0.29) is 5.91 Å². The maximum Gasteiger partial charge on any atom is 0.261 e. The summed E-state index contributed by atoms with van der Waals surface area (Å²) in [5, 5.41) is 8.33. The maximum absolute atomic E-state index is 12.2. The maximum atomic E-state index is 12.2. The van der Waals surface area contributed by atoms with Gasteiger partial charge in [0, 0.05) is 37.3 Å². The van der Waals surface area contributed by atoms with Crippen LogP contribution in [0.15, 0.2) is 30.5 Å². The van der Waals surface area contributed by atoms with Crippen LogP contribution in [-0.2, 0) is 13.5 Å². The molecule has 0 saturated heterocycles. The average molecular weight is 300 g/mol. The first-order valence-corrected chi connectivity index (χ1v) is 7.58. The second kappa shape index (κ2) is 5.65. The highest BCUT2D eigenvalue weighted by Gasteiger charge is 2.14. The largest absolute Gasteiger partial charge is 0.351 e. The van der Waals surface area contributed by atoms with Crippen molar-refractivity contribution in [1.82, 2.24) is 20.1 Å². The van der Waals surface area contributed by atoms with Crippen LogP contribution in [0.5, 0.6) is 0 Å². The highest BCUT2D eigenvalue weighted by atomic mass is 32.1. The molecule has 108 valence electrons. The smallest absolute Gasteiger partial charge is 0.261 e. The zero-order valence-electron chi connectivity index (χ0n) is 12.0. The SMILES string of the molecule is Cc1nn(C)c2sc(C(=O)NCCc3ccccn3)cc12. The van der Waals surface area contributed by atoms with E-state index in [1.807, 2.05) is 42.9 Å². The van der Waals surface area contributed by atoms with Crippen LogP contribution in [0.4, 0.5) is 0 Å². The molecule has 0 saturated carbocycles. The Balaban J connectivity index is 1.65. The molecule has 0 bridgehead atoms. The van der Waals surface area contributed by atoms with Crippen LogP contribution in [0.1, 0.15) is 21.1 Å². The number of hydrogen-bond donors (Lipinski definition) is 1. The zero-order valence-corrected chi connectivity index (χ0v) is 12.8. The fourth-order valence-electron chi connectivity index (χ4n) is 2.25. The van der Waals surface area contributed by atoms with Gasteiger partial charge in [-0.25, -0.2) is 0 Å². The molecule has 3 heterocycles. The van der Waals surface area contributed by atoms with Gasteiger partial charge in [-0.15, -0.1) is 11.3 Å². The van der Waals surface area contributed by atoms with Crippen LogP contribution in [0.25, 0.3) is 10.2 Å². The van der Waals surface area contributed by atoms with Gasteiger partial charge in [-0.3, -0.25) is 14.5 Å². The third-order valence-corrected chi connectivity index (χ3v) is 4.51. The van der Waals surface area contributed by atoms with Crippen LogP contribution in [0.2, 0.25) is 0 Å². The van der Waals surface area contributed by atoms with Crippen molar-refractivity contribution < 1.29 is 4.79 Å². The van der Waals surface area contributed by atoms with Gasteiger partial charge in [0.1, 0.15) is 4.83 Å². The molecule has 0 radical (unpaired) electrons. The lowest BCUT2D eigenvalue weighted by Gasteiger charge is -2.03. The number of rotatable bonds is 4. The van der Waals surface area contributed by atoms with Crippen molar-refractivity contribution >= 4 is 27.5 Å². The highest BCUT2D eigenvalue weighted by molar-refractivity contribution is 7.20. The molecule has 6 heteroatoms. The molecule has 3 aromatic heterocycles. The van der Waals surface area contributed by atoms with Crippen molar-refractivity contribution in [2.24, 2.45) is 7.05 Å². The lowest BCUT2D eigenvalue weighted by Crippen LogP contribution is -2.25. The minimum absolute atomic E-state index is 0.0356. The number of aromatic nitrogens is 3.